The van der Waals surface area contributed by atoms with Gasteiger partial charge in [-0.3, -0.25) is 0 Å². The van der Waals surface area contributed by atoms with E-state index in [0.29, 0.717) is 5.75 Å². The van der Waals surface area contributed by atoms with Gasteiger partial charge in [-0.15, -0.1) is 0 Å². The molecule has 0 spiro atoms. The van der Waals surface area contributed by atoms with Crippen LogP contribution in [0.4, 0.5) is 0 Å². The molecule has 3 unspecified atom stereocenters. The van der Waals surface area contributed by atoms with Crippen LogP contribution in [0.1, 0.15) is 44.6 Å². The van der Waals surface area contributed by atoms with Crippen molar-refractivity contribution in [1.82, 2.24) is 0 Å². The lowest BCUT2D eigenvalue weighted by Crippen LogP contribution is -2.54. The monoisotopic (exact) mass is 310 g/mol. The summed E-state index contributed by atoms with van der Waals surface area (Å²) in [4.78, 5) is 0. The molecule has 0 amide bonds. The number of aliphatic hydroxyl groups is 2. The van der Waals surface area contributed by atoms with E-state index < -0.39 is 5.72 Å². The standard InChI is InChI=1S/C17H30N2O3/c1-3-5-14(4-2)17(19,21)16(12-18)13-6-8-15(9-7-13)22-11-10-20/h6-9,14,16,20-21H,3-5,10-12,18-19H2,1-2H3. The summed E-state index contributed by atoms with van der Waals surface area (Å²) in [6.45, 7) is 4.64. The van der Waals surface area contributed by atoms with Gasteiger partial charge in [-0.05, 0) is 30.5 Å². The number of nitrogens with two attached hydrogens (primary N) is 2. The number of rotatable bonds is 10. The third kappa shape index (κ3) is 4.68. The van der Waals surface area contributed by atoms with Gasteiger partial charge in [-0.25, -0.2) is 0 Å². The molecule has 0 radical (unpaired) electrons. The molecule has 3 atom stereocenters. The molecule has 0 aliphatic rings. The smallest absolute Gasteiger partial charge is 0.124 e. The van der Waals surface area contributed by atoms with Gasteiger partial charge in [-0.2, -0.15) is 0 Å². The Morgan fingerprint density at radius 3 is 2.32 bits per heavy atom. The summed E-state index contributed by atoms with van der Waals surface area (Å²) in [5.74, 6) is 0.363. The molecular weight excluding hydrogens is 280 g/mol. The number of benzene rings is 1. The van der Waals surface area contributed by atoms with E-state index in [1.807, 2.05) is 31.2 Å². The van der Waals surface area contributed by atoms with Gasteiger partial charge in [0.25, 0.3) is 0 Å². The van der Waals surface area contributed by atoms with Crippen LogP contribution in [0.3, 0.4) is 0 Å². The summed E-state index contributed by atoms with van der Waals surface area (Å²) >= 11 is 0. The first-order chi connectivity index (χ1) is 10.5. The number of aliphatic hydroxyl groups excluding tert-OH is 1. The Morgan fingerprint density at radius 2 is 1.86 bits per heavy atom. The second kappa shape index (κ2) is 9.10. The van der Waals surface area contributed by atoms with E-state index in [9.17, 15) is 5.11 Å². The van der Waals surface area contributed by atoms with Crippen LogP contribution >= 0.6 is 0 Å². The van der Waals surface area contributed by atoms with E-state index in [1.165, 1.54) is 0 Å². The summed E-state index contributed by atoms with van der Waals surface area (Å²) in [5, 5.41) is 19.6. The van der Waals surface area contributed by atoms with Crippen LogP contribution in [-0.4, -0.2) is 35.7 Å². The fourth-order valence-corrected chi connectivity index (χ4v) is 2.95. The van der Waals surface area contributed by atoms with Gasteiger partial charge in [-0.1, -0.05) is 32.4 Å². The third-order valence-corrected chi connectivity index (χ3v) is 4.22. The zero-order valence-electron chi connectivity index (χ0n) is 13.7. The van der Waals surface area contributed by atoms with E-state index >= 15 is 0 Å². The number of hydrogen-bond donors (Lipinski definition) is 4. The van der Waals surface area contributed by atoms with Gasteiger partial charge < -0.3 is 26.4 Å². The Hall–Kier alpha value is -1.14. The van der Waals surface area contributed by atoms with Gasteiger partial charge in [0.15, 0.2) is 0 Å². The van der Waals surface area contributed by atoms with E-state index in [1.54, 1.807) is 0 Å². The lowest BCUT2D eigenvalue weighted by Gasteiger charge is -2.39. The van der Waals surface area contributed by atoms with Crippen molar-refractivity contribution >= 4 is 0 Å². The molecule has 5 heteroatoms. The fraction of sp³-hybridized carbons (Fsp3) is 0.647. The van der Waals surface area contributed by atoms with Crippen LogP contribution in [0, 0.1) is 5.92 Å². The van der Waals surface area contributed by atoms with Gasteiger partial charge in [0.1, 0.15) is 18.1 Å². The summed E-state index contributed by atoms with van der Waals surface area (Å²) in [5.41, 5.74) is 11.7. The van der Waals surface area contributed by atoms with E-state index in [4.69, 9.17) is 21.3 Å². The van der Waals surface area contributed by atoms with E-state index in [2.05, 4.69) is 6.92 Å². The molecule has 1 rings (SSSR count). The molecule has 0 bridgehead atoms. The van der Waals surface area contributed by atoms with Crippen LogP contribution < -0.4 is 16.2 Å². The molecule has 22 heavy (non-hydrogen) atoms. The summed E-state index contributed by atoms with van der Waals surface area (Å²) < 4.78 is 5.34. The van der Waals surface area contributed by atoms with E-state index in [0.717, 1.165) is 24.8 Å². The minimum atomic E-state index is -1.33. The van der Waals surface area contributed by atoms with Gasteiger partial charge in [0.05, 0.1) is 6.61 Å². The Kier molecular flexibility index (Phi) is 7.82. The largest absolute Gasteiger partial charge is 0.491 e. The SMILES string of the molecule is CCCC(CC)C(N)(O)C(CN)c1ccc(OCCO)cc1. The summed E-state index contributed by atoms with van der Waals surface area (Å²) in [6.07, 6.45) is 2.66. The maximum atomic E-state index is 10.9. The molecule has 0 aliphatic carbocycles. The maximum Gasteiger partial charge on any atom is 0.124 e. The van der Waals surface area contributed by atoms with Gasteiger partial charge >= 0.3 is 0 Å². The Morgan fingerprint density at radius 1 is 1.23 bits per heavy atom. The quantitative estimate of drug-likeness (QED) is 0.491. The molecule has 0 saturated heterocycles. The van der Waals surface area contributed by atoms with Crippen molar-refractivity contribution in [3.05, 3.63) is 29.8 Å². The second-order valence-corrected chi connectivity index (χ2v) is 5.71. The van der Waals surface area contributed by atoms with Gasteiger partial charge in [0.2, 0.25) is 0 Å². The molecular formula is C17H30N2O3. The van der Waals surface area contributed by atoms with E-state index in [-0.39, 0.29) is 31.6 Å². The molecule has 1 aromatic rings. The first-order valence-electron chi connectivity index (χ1n) is 8.06. The number of ether oxygens (including phenoxy) is 1. The highest BCUT2D eigenvalue weighted by atomic mass is 16.5. The van der Waals surface area contributed by atoms with Crippen molar-refractivity contribution in [2.75, 3.05) is 19.8 Å². The van der Waals surface area contributed by atoms with Crippen molar-refractivity contribution in [3.63, 3.8) is 0 Å². The van der Waals surface area contributed by atoms with Gasteiger partial charge in [0, 0.05) is 18.4 Å². The zero-order chi connectivity index (χ0) is 16.6. The fourth-order valence-electron chi connectivity index (χ4n) is 2.95. The Bertz CT molecular complexity index is 420. The molecule has 1 aromatic carbocycles. The lowest BCUT2D eigenvalue weighted by molar-refractivity contribution is -0.0411. The van der Waals surface area contributed by atoms with Crippen LogP contribution in [0.25, 0.3) is 0 Å². The first kappa shape index (κ1) is 18.9. The van der Waals surface area contributed by atoms with Crippen molar-refractivity contribution in [3.8, 4) is 5.75 Å². The average Bonchev–Trinajstić information content (AvgIpc) is 2.52. The van der Waals surface area contributed by atoms with Crippen LogP contribution in [0.5, 0.6) is 5.75 Å². The zero-order valence-corrected chi connectivity index (χ0v) is 13.7. The Balaban J connectivity index is 2.93. The summed E-state index contributed by atoms with van der Waals surface area (Å²) in [7, 11) is 0. The topological polar surface area (TPSA) is 102 Å². The van der Waals surface area contributed by atoms with Crippen molar-refractivity contribution in [2.24, 2.45) is 17.4 Å². The number of hydrogen-bond acceptors (Lipinski definition) is 5. The lowest BCUT2D eigenvalue weighted by atomic mass is 9.77. The molecule has 0 saturated carbocycles. The van der Waals surface area contributed by atoms with Crippen LogP contribution in [-0.2, 0) is 0 Å². The maximum absolute atomic E-state index is 10.9. The highest BCUT2D eigenvalue weighted by Crippen LogP contribution is 2.34. The molecule has 0 aliphatic heterocycles. The highest BCUT2D eigenvalue weighted by Gasteiger charge is 2.39. The predicted molar refractivity (Wildman–Crippen MR) is 88.6 cm³/mol. The normalized spacial score (nSPS) is 16.8. The molecule has 0 aromatic heterocycles. The molecule has 126 valence electrons. The van der Waals surface area contributed by atoms with Crippen LogP contribution in [0.15, 0.2) is 24.3 Å². The highest BCUT2D eigenvalue weighted by molar-refractivity contribution is 5.31. The molecule has 0 heterocycles. The molecule has 6 N–H and O–H groups in total. The minimum absolute atomic E-state index is 0.0105. The first-order valence-corrected chi connectivity index (χ1v) is 8.06. The van der Waals surface area contributed by atoms with Crippen molar-refractivity contribution < 1.29 is 14.9 Å². The predicted octanol–water partition coefficient (Wildman–Crippen LogP) is 1.57. The third-order valence-electron chi connectivity index (χ3n) is 4.22. The summed E-state index contributed by atoms with van der Waals surface area (Å²) in [6, 6.07) is 7.37. The molecule has 0 fully saturated rings. The van der Waals surface area contributed by atoms with Crippen LogP contribution in [0.2, 0.25) is 0 Å². The van der Waals surface area contributed by atoms with Crippen molar-refractivity contribution in [2.45, 2.75) is 44.8 Å². The molecule has 5 nitrogen and oxygen atoms in total. The average molecular weight is 310 g/mol. The van der Waals surface area contributed by atoms with Crippen molar-refractivity contribution in [1.29, 1.82) is 0 Å². The minimum Gasteiger partial charge on any atom is -0.491 e. The Labute approximate surface area is 133 Å². The second-order valence-electron chi connectivity index (χ2n) is 5.71.